The van der Waals surface area contributed by atoms with Crippen LogP contribution in [0.5, 0.6) is 0 Å². The maximum absolute atomic E-state index is 13.3. The topological polar surface area (TPSA) is 99.7 Å². The summed E-state index contributed by atoms with van der Waals surface area (Å²) in [5.74, 6) is -0.293. The molecule has 1 aromatic carbocycles. The minimum absolute atomic E-state index is 0.101. The zero-order chi connectivity index (χ0) is 22.7. The zero-order valence-corrected chi connectivity index (χ0v) is 19.3. The van der Waals surface area contributed by atoms with Gasteiger partial charge < -0.3 is 10.2 Å². The molecule has 0 aliphatic carbocycles. The SMILES string of the molecule is Cc1cnc2c(S(=O)(=O)N3CCN(C(=O)CCNC(=O)c4cccs4)CC3)cccc2c1. The molecule has 1 aliphatic heterocycles. The average Bonchev–Trinajstić information content (AvgIpc) is 3.33. The Morgan fingerprint density at radius 1 is 1.12 bits per heavy atom. The summed E-state index contributed by atoms with van der Waals surface area (Å²) in [6.07, 6.45) is 1.84. The molecule has 0 atom stereocenters. The van der Waals surface area contributed by atoms with Crippen LogP contribution in [0.2, 0.25) is 0 Å². The molecule has 168 valence electrons. The summed E-state index contributed by atoms with van der Waals surface area (Å²) in [5, 5.41) is 5.35. The Bertz CT molecular complexity index is 1230. The number of hydrogen-bond donors (Lipinski definition) is 1. The van der Waals surface area contributed by atoms with Gasteiger partial charge in [-0.25, -0.2) is 8.42 Å². The Labute approximate surface area is 190 Å². The molecule has 0 spiro atoms. The van der Waals surface area contributed by atoms with E-state index < -0.39 is 10.0 Å². The molecule has 2 amide bonds. The summed E-state index contributed by atoms with van der Waals surface area (Å²) in [6.45, 7) is 3.23. The van der Waals surface area contributed by atoms with E-state index in [2.05, 4.69) is 10.3 Å². The lowest BCUT2D eigenvalue weighted by Crippen LogP contribution is -2.50. The van der Waals surface area contributed by atoms with E-state index in [4.69, 9.17) is 0 Å². The van der Waals surface area contributed by atoms with Crippen LogP contribution in [0.1, 0.15) is 21.7 Å². The van der Waals surface area contributed by atoms with E-state index in [0.29, 0.717) is 23.5 Å². The molecule has 0 unspecified atom stereocenters. The third kappa shape index (κ3) is 4.67. The summed E-state index contributed by atoms with van der Waals surface area (Å²) in [4.78, 5) is 31.2. The first-order valence-electron chi connectivity index (χ1n) is 10.3. The molecule has 32 heavy (non-hydrogen) atoms. The van der Waals surface area contributed by atoms with Crippen molar-refractivity contribution in [2.24, 2.45) is 0 Å². The highest BCUT2D eigenvalue weighted by Gasteiger charge is 2.31. The smallest absolute Gasteiger partial charge is 0.261 e. The fourth-order valence-electron chi connectivity index (χ4n) is 3.70. The molecule has 3 aromatic rings. The van der Waals surface area contributed by atoms with Crippen molar-refractivity contribution in [2.45, 2.75) is 18.2 Å². The van der Waals surface area contributed by atoms with Crippen molar-refractivity contribution in [2.75, 3.05) is 32.7 Å². The number of piperazine rings is 1. The van der Waals surface area contributed by atoms with Crippen LogP contribution in [0.4, 0.5) is 0 Å². The molecule has 0 radical (unpaired) electrons. The Morgan fingerprint density at radius 3 is 2.62 bits per heavy atom. The molecule has 3 heterocycles. The van der Waals surface area contributed by atoms with Gasteiger partial charge in [0.1, 0.15) is 4.90 Å². The van der Waals surface area contributed by atoms with E-state index in [-0.39, 0.29) is 42.8 Å². The second-order valence-electron chi connectivity index (χ2n) is 7.61. The number of nitrogens with zero attached hydrogens (tertiary/aromatic N) is 3. The second kappa shape index (κ2) is 9.35. The van der Waals surface area contributed by atoms with Crippen molar-refractivity contribution in [3.05, 3.63) is 58.4 Å². The van der Waals surface area contributed by atoms with Crippen LogP contribution in [0.15, 0.2) is 52.9 Å². The van der Waals surface area contributed by atoms with E-state index in [1.165, 1.54) is 15.6 Å². The first kappa shape index (κ1) is 22.4. The Hall–Kier alpha value is -2.82. The maximum atomic E-state index is 13.3. The van der Waals surface area contributed by atoms with Gasteiger partial charge in [0.25, 0.3) is 5.91 Å². The standard InChI is InChI=1S/C22H24N4O4S2/c1-16-14-17-4-2-6-19(21(17)24-15-16)32(29,30)26-11-9-25(10-12-26)20(27)7-8-23-22(28)18-5-3-13-31-18/h2-6,13-15H,7-12H2,1H3,(H,23,28). The number of aromatic nitrogens is 1. The van der Waals surface area contributed by atoms with E-state index in [1.54, 1.807) is 35.4 Å². The zero-order valence-electron chi connectivity index (χ0n) is 17.7. The number of amides is 2. The number of thiophene rings is 1. The van der Waals surface area contributed by atoms with Gasteiger partial charge in [-0.3, -0.25) is 14.6 Å². The van der Waals surface area contributed by atoms with Gasteiger partial charge in [-0.2, -0.15) is 4.31 Å². The molecule has 1 fully saturated rings. The van der Waals surface area contributed by atoms with Gasteiger partial charge >= 0.3 is 0 Å². The summed E-state index contributed by atoms with van der Waals surface area (Å²) in [6, 6.07) is 10.6. The third-order valence-corrected chi connectivity index (χ3v) is 8.19. The van der Waals surface area contributed by atoms with E-state index >= 15 is 0 Å². The molecule has 2 aromatic heterocycles. The van der Waals surface area contributed by atoms with Gasteiger partial charge in [-0.05, 0) is 36.1 Å². The van der Waals surface area contributed by atoms with E-state index in [1.807, 2.05) is 24.4 Å². The molecule has 0 saturated carbocycles. The fourth-order valence-corrected chi connectivity index (χ4v) is 5.93. The molecule has 4 rings (SSSR count). The summed E-state index contributed by atoms with van der Waals surface area (Å²) >= 11 is 1.35. The van der Waals surface area contributed by atoms with Crippen LogP contribution in [0.25, 0.3) is 10.9 Å². The molecular weight excluding hydrogens is 448 g/mol. The monoisotopic (exact) mass is 472 g/mol. The highest BCUT2D eigenvalue weighted by molar-refractivity contribution is 7.89. The van der Waals surface area contributed by atoms with Gasteiger partial charge in [-0.15, -0.1) is 11.3 Å². The number of carbonyl (C=O) groups excluding carboxylic acids is 2. The highest BCUT2D eigenvalue weighted by Crippen LogP contribution is 2.25. The average molecular weight is 473 g/mol. The van der Waals surface area contributed by atoms with E-state index in [9.17, 15) is 18.0 Å². The van der Waals surface area contributed by atoms with Crippen molar-refractivity contribution in [1.82, 2.24) is 19.5 Å². The molecule has 0 bridgehead atoms. The molecule has 1 aliphatic rings. The number of fused-ring (bicyclic) bond motifs is 1. The third-order valence-electron chi connectivity index (χ3n) is 5.39. The number of nitrogens with one attached hydrogen (secondary N) is 1. The highest BCUT2D eigenvalue weighted by atomic mass is 32.2. The lowest BCUT2D eigenvalue weighted by atomic mass is 10.2. The van der Waals surface area contributed by atoms with Gasteiger partial charge in [-0.1, -0.05) is 18.2 Å². The normalized spacial score (nSPS) is 15.1. The summed E-state index contributed by atoms with van der Waals surface area (Å²) < 4.78 is 27.9. The molecule has 10 heteroatoms. The minimum atomic E-state index is -3.73. The van der Waals surface area contributed by atoms with Gasteiger partial charge in [0.05, 0.1) is 10.4 Å². The lowest BCUT2D eigenvalue weighted by Gasteiger charge is -2.34. The van der Waals surface area contributed by atoms with Gasteiger partial charge in [0, 0.05) is 50.7 Å². The maximum Gasteiger partial charge on any atom is 0.261 e. The molecular formula is C22H24N4O4S2. The van der Waals surface area contributed by atoms with E-state index in [0.717, 1.165) is 10.9 Å². The minimum Gasteiger partial charge on any atom is -0.351 e. The number of aryl methyl sites for hydroxylation is 1. The number of pyridine rings is 1. The Kier molecular flexibility index (Phi) is 6.54. The molecule has 1 N–H and O–H groups in total. The van der Waals surface area contributed by atoms with Crippen LogP contribution in [-0.2, 0) is 14.8 Å². The number of rotatable bonds is 6. The van der Waals surface area contributed by atoms with Crippen LogP contribution in [0.3, 0.4) is 0 Å². The van der Waals surface area contributed by atoms with Crippen molar-refractivity contribution in [1.29, 1.82) is 0 Å². The number of para-hydroxylation sites is 1. The van der Waals surface area contributed by atoms with Gasteiger partial charge in [0.2, 0.25) is 15.9 Å². The van der Waals surface area contributed by atoms with Gasteiger partial charge in [0.15, 0.2) is 0 Å². The fraction of sp³-hybridized carbons (Fsp3) is 0.318. The van der Waals surface area contributed by atoms with Crippen molar-refractivity contribution in [3.63, 3.8) is 0 Å². The van der Waals surface area contributed by atoms with Crippen molar-refractivity contribution in [3.8, 4) is 0 Å². The number of sulfonamides is 1. The second-order valence-corrected chi connectivity index (χ2v) is 10.5. The Morgan fingerprint density at radius 2 is 1.91 bits per heavy atom. The predicted molar refractivity (Wildman–Crippen MR) is 123 cm³/mol. The first-order chi connectivity index (χ1) is 15.4. The molecule has 8 nitrogen and oxygen atoms in total. The number of hydrogen-bond acceptors (Lipinski definition) is 6. The van der Waals surface area contributed by atoms with Crippen molar-refractivity contribution < 1.29 is 18.0 Å². The Balaban J connectivity index is 1.35. The quantitative estimate of drug-likeness (QED) is 0.593. The largest absolute Gasteiger partial charge is 0.351 e. The molecule has 1 saturated heterocycles. The van der Waals surface area contributed by atoms with Crippen LogP contribution < -0.4 is 5.32 Å². The first-order valence-corrected chi connectivity index (χ1v) is 12.6. The lowest BCUT2D eigenvalue weighted by molar-refractivity contribution is -0.132. The summed E-state index contributed by atoms with van der Waals surface area (Å²) in [5.41, 5.74) is 1.42. The van der Waals surface area contributed by atoms with Crippen molar-refractivity contribution >= 4 is 44.1 Å². The number of benzene rings is 1. The number of carbonyl (C=O) groups is 2. The van der Waals surface area contributed by atoms with Crippen LogP contribution in [0, 0.1) is 6.92 Å². The summed E-state index contributed by atoms with van der Waals surface area (Å²) in [7, 11) is -3.73. The van der Waals surface area contributed by atoms with Crippen LogP contribution in [-0.4, -0.2) is 67.1 Å². The predicted octanol–water partition coefficient (Wildman–Crippen LogP) is 2.26. The van der Waals surface area contributed by atoms with Crippen LogP contribution >= 0.6 is 11.3 Å².